The molecule has 0 aromatic heterocycles. The first kappa shape index (κ1) is 9.43. The van der Waals surface area contributed by atoms with Gasteiger partial charge in [0.1, 0.15) is 0 Å². The van der Waals surface area contributed by atoms with Gasteiger partial charge in [-0.05, 0) is 13.3 Å². The number of methoxy groups -OCH3 is 1. The molecule has 0 saturated heterocycles. The molecule has 1 atom stereocenters. The van der Waals surface area contributed by atoms with E-state index in [-0.39, 0.29) is 0 Å². The smallest absolute Gasteiger partial charge is 0.335 e. The van der Waals surface area contributed by atoms with Crippen LogP contribution in [0.1, 0.15) is 26.7 Å². The fourth-order valence-electron chi connectivity index (χ4n) is 0.773. The standard InChI is InChI=1S/C7H14O3/c1-4-5-7(2,10-3)6(8)9/h4-5H2,1-3H3,(H,8,9)/t7-/m0/s1. The summed E-state index contributed by atoms with van der Waals surface area (Å²) in [6.07, 6.45) is 1.37. The maximum absolute atomic E-state index is 10.5. The first-order chi connectivity index (χ1) is 4.56. The molecule has 0 heterocycles. The Morgan fingerprint density at radius 2 is 2.20 bits per heavy atom. The van der Waals surface area contributed by atoms with Crippen molar-refractivity contribution in [1.29, 1.82) is 0 Å². The van der Waals surface area contributed by atoms with Crippen molar-refractivity contribution in [2.24, 2.45) is 0 Å². The molecule has 60 valence electrons. The van der Waals surface area contributed by atoms with Crippen molar-refractivity contribution < 1.29 is 14.6 Å². The largest absolute Gasteiger partial charge is 0.479 e. The molecule has 0 unspecified atom stereocenters. The van der Waals surface area contributed by atoms with E-state index < -0.39 is 11.6 Å². The molecule has 1 N–H and O–H groups in total. The van der Waals surface area contributed by atoms with Crippen molar-refractivity contribution in [3.05, 3.63) is 0 Å². The summed E-state index contributed by atoms with van der Waals surface area (Å²) < 4.78 is 4.84. The van der Waals surface area contributed by atoms with Crippen molar-refractivity contribution in [3.63, 3.8) is 0 Å². The summed E-state index contributed by atoms with van der Waals surface area (Å²) in [5, 5.41) is 8.64. The van der Waals surface area contributed by atoms with Crippen LogP contribution in [0.3, 0.4) is 0 Å². The Bertz CT molecular complexity index is 122. The molecule has 0 aliphatic heterocycles. The van der Waals surface area contributed by atoms with Crippen LogP contribution in [0.25, 0.3) is 0 Å². The molecule has 0 rings (SSSR count). The van der Waals surface area contributed by atoms with Crippen molar-refractivity contribution in [2.45, 2.75) is 32.3 Å². The van der Waals surface area contributed by atoms with Crippen LogP contribution < -0.4 is 0 Å². The van der Waals surface area contributed by atoms with Gasteiger partial charge in [0, 0.05) is 7.11 Å². The van der Waals surface area contributed by atoms with Crippen molar-refractivity contribution >= 4 is 5.97 Å². The summed E-state index contributed by atoms with van der Waals surface area (Å²) in [5.41, 5.74) is -0.991. The Kier molecular flexibility index (Phi) is 3.36. The highest BCUT2D eigenvalue weighted by Crippen LogP contribution is 2.15. The predicted octanol–water partition coefficient (Wildman–Crippen LogP) is 1.28. The molecule has 3 nitrogen and oxygen atoms in total. The third kappa shape index (κ3) is 1.99. The van der Waals surface area contributed by atoms with Crippen LogP contribution in [0.15, 0.2) is 0 Å². The van der Waals surface area contributed by atoms with Gasteiger partial charge in [-0.3, -0.25) is 0 Å². The SMILES string of the molecule is CCC[C@](C)(OC)C(=O)O. The third-order valence-corrected chi connectivity index (χ3v) is 1.63. The molecule has 0 fully saturated rings. The molecule has 0 aromatic carbocycles. The van der Waals surface area contributed by atoms with Crippen LogP contribution in [0, 0.1) is 0 Å². The Morgan fingerprint density at radius 3 is 2.30 bits per heavy atom. The first-order valence-corrected chi connectivity index (χ1v) is 3.35. The lowest BCUT2D eigenvalue weighted by atomic mass is 10.0. The summed E-state index contributed by atoms with van der Waals surface area (Å²) >= 11 is 0. The second-order valence-electron chi connectivity index (χ2n) is 2.49. The van der Waals surface area contributed by atoms with Gasteiger partial charge in [-0.1, -0.05) is 13.3 Å². The minimum absolute atomic E-state index is 0.554. The molecule has 0 radical (unpaired) electrons. The number of rotatable bonds is 4. The first-order valence-electron chi connectivity index (χ1n) is 3.35. The fraction of sp³-hybridized carbons (Fsp3) is 0.857. The van der Waals surface area contributed by atoms with Gasteiger partial charge in [0.15, 0.2) is 5.60 Å². The zero-order chi connectivity index (χ0) is 8.20. The van der Waals surface area contributed by atoms with Gasteiger partial charge in [0.25, 0.3) is 0 Å². The van der Waals surface area contributed by atoms with E-state index in [1.54, 1.807) is 6.92 Å². The second-order valence-corrected chi connectivity index (χ2v) is 2.49. The lowest BCUT2D eigenvalue weighted by Gasteiger charge is -2.21. The highest BCUT2D eigenvalue weighted by atomic mass is 16.5. The number of carboxylic acids is 1. The maximum atomic E-state index is 10.5. The van der Waals surface area contributed by atoms with E-state index in [0.717, 1.165) is 6.42 Å². The van der Waals surface area contributed by atoms with Gasteiger partial charge < -0.3 is 9.84 Å². The predicted molar refractivity (Wildman–Crippen MR) is 38.0 cm³/mol. The summed E-state index contributed by atoms with van der Waals surface area (Å²) in [7, 11) is 1.42. The fourth-order valence-corrected chi connectivity index (χ4v) is 0.773. The normalized spacial score (nSPS) is 16.3. The van der Waals surface area contributed by atoms with Crippen molar-refractivity contribution in [2.75, 3.05) is 7.11 Å². The zero-order valence-corrected chi connectivity index (χ0v) is 6.68. The Labute approximate surface area is 61.0 Å². The summed E-state index contributed by atoms with van der Waals surface area (Å²) in [6.45, 7) is 3.51. The Balaban J connectivity index is 4.08. The highest BCUT2D eigenvalue weighted by Gasteiger charge is 2.31. The molecule has 0 aromatic rings. The van der Waals surface area contributed by atoms with Gasteiger partial charge >= 0.3 is 5.97 Å². The summed E-state index contributed by atoms with van der Waals surface area (Å²) in [5.74, 6) is -0.892. The van der Waals surface area contributed by atoms with Gasteiger partial charge in [-0.15, -0.1) is 0 Å². The quantitative estimate of drug-likeness (QED) is 0.649. The van der Waals surface area contributed by atoms with E-state index in [9.17, 15) is 4.79 Å². The van der Waals surface area contributed by atoms with Gasteiger partial charge in [-0.2, -0.15) is 0 Å². The summed E-state index contributed by atoms with van der Waals surface area (Å²) in [6, 6.07) is 0. The van der Waals surface area contributed by atoms with Crippen LogP contribution in [0.2, 0.25) is 0 Å². The number of carbonyl (C=O) groups is 1. The Hall–Kier alpha value is -0.570. The van der Waals surface area contributed by atoms with Gasteiger partial charge in [0.2, 0.25) is 0 Å². The van der Waals surface area contributed by atoms with Crippen LogP contribution in [-0.4, -0.2) is 23.8 Å². The zero-order valence-electron chi connectivity index (χ0n) is 6.68. The molecule has 0 amide bonds. The minimum atomic E-state index is -0.991. The lowest BCUT2D eigenvalue weighted by Crippen LogP contribution is -2.36. The van der Waals surface area contributed by atoms with Gasteiger partial charge in [-0.25, -0.2) is 4.79 Å². The molecule has 0 bridgehead atoms. The van der Waals surface area contributed by atoms with E-state index in [1.807, 2.05) is 6.92 Å². The van der Waals surface area contributed by atoms with E-state index in [4.69, 9.17) is 9.84 Å². The number of hydrogen-bond donors (Lipinski definition) is 1. The van der Waals surface area contributed by atoms with Crippen LogP contribution in [-0.2, 0) is 9.53 Å². The molecular formula is C7H14O3. The van der Waals surface area contributed by atoms with Crippen LogP contribution in [0.5, 0.6) is 0 Å². The Morgan fingerprint density at radius 1 is 1.70 bits per heavy atom. The molecule has 10 heavy (non-hydrogen) atoms. The summed E-state index contributed by atoms with van der Waals surface area (Å²) in [4.78, 5) is 10.5. The van der Waals surface area contributed by atoms with Crippen molar-refractivity contribution in [3.8, 4) is 0 Å². The number of hydrogen-bond acceptors (Lipinski definition) is 2. The average molecular weight is 146 g/mol. The topological polar surface area (TPSA) is 46.5 Å². The van der Waals surface area contributed by atoms with E-state index >= 15 is 0 Å². The molecule has 0 aliphatic rings. The molecular weight excluding hydrogens is 132 g/mol. The molecule has 3 heteroatoms. The van der Waals surface area contributed by atoms with Gasteiger partial charge in [0.05, 0.1) is 0 Å². The van der Waals surface area contributed by atoms with Crippen molar-refractivity contribution in [1.82, 2.24) is 0 Å². The van der Waals surface area contributed by atoms with E-state index in [1.165, 1.54) is 7.11 Å². The third-order valence-electron chi connectivity index (χ3n) is 1.63. The van der Waals surface area contributed by atoms with E-state index in [0.29, 0.717) is 6.42 Å². The molecule has 0 spiro atoms. The molecule has 0 aliphatic carbocycles. The highest BCUT2D eigenvalue weighted by molar-refractivity contribution is 5.76. The number of aliphatic carboxylic acids is 1. The minimum Gasteiger partial charge on any atom is -0.479 e. The van der Waals surface area contributed by atoms with Crippen LogP contribution >= 0.6 is 0 Å². The number of carboxylic acid groups (broad SMARTS) is 1. The lowest BCUT2D eigenvalue weighted by molar-refractivity contribution is -0.160. The number of ether oxygens (including phenoxy) is 1. The monoisotopic (exact) mass is 146 g/mol. The van der Waals surface area contributed by atoms with E-state index in [2.05, 4.69) is 0 Å². The average Bonchev–Trinajstić information content (AvgIpc) is 1.88. The molecule has 0 saturated carbocycles. The van der Waals surface area contributed by atoms with Crippen LogP contribution in [0.4, 0.5) is 0 Å². The second kappa shape index (κ2) is 3.56. The maximum Gasteiger partial charge on any atom is 0.335 e.